The Morgan fingerprint density at radius 1 is 1.00 bits per heavy atom. The highest BCUT2D eigenvalue weighted by atomic mass is 19.4. The van der Waals surface area contributed by atoms with Gasteiger partial charge in [-0.2, -0.15) is 18.3 Å². The van der Waals surface area contributed by atoms with Crippen molar-refractivity contribution in [2.75, 3.05) is 11.9 Å². The van der Waals surface area contributed by atoms with Gasteiger partial charge in [0.15, 0.2) is 5.69 Å². The lowest BCUT2D eigenvalue weighted by Crippen LogP contribution is -2.37. The molecule has 1 heterocycles. The minimum Gasteiger partial charge on any atom is -0.341 e. The van der Waals surface area contributed by atoms with Crippen molar-refractivity contribution >= 4 is 17.5 Å². The molecule has 0 radical (unpaired) electrons. The number of aromatic nitrogens is 2. The highest BCUT2D eigenvalue weighted by Gasteiger charge is 2.34. The lowest BCUT2D eigenvalue weighted by Gasteiger charge is -2.16. The monoisotopic (exact) mass is 472 g/mol. The number of aryl methyl sites for hydroxylation is 4. The first kappa shape index (κ1) is 24.7. The van der Waals surface area contributed by atoms with E-state index in [4.69, 9.17) is 0 Å². The molecule has 0 aliphatic rings. The van der Waals surface area contributed by atoms with Gasteiger partial charge in [-0.25, -0.2) is 4.68 Å². The standard InChI is InChI=1S/C24H23F3N4O3/c1-13-9-14(2)21(15(3)10-13)29-20(33)12-28-23(34)22-19(32)11-16(4)31(30-22)18-8-6-5-7-17(18)24(25,26)27/h5-11H,12H2,1-4H3,(H,28,34)(H,29,33). The van der Waals surface area contributed by atoms with Crippen LogP contribution in [0.5, 0.6) is 0 Å². The van der Waals surface area contributed by atoms with Gasteiger partial charge in [-0.05, 0) is 51.0 Å². The van der Waals surface area contributed by atoms with E-state index in [0.717, 1.165) is 33.5 Å². The number of carbonyl (C=O) groups excluding carboxylic acids is 2. The summed E-state index contributed by atoms with van der Waals surface area (Å²) >= 11 is 0. The van der Waals surface area contributed by atoms with Gasteiger partial charge in [-0.15, -0.1) is 0 Å². The van der Waals surface area contributed by atoms with Crippen LogP contribution >= 0.6 is 0 Å². The Morgan fingerprint density at radius 3 is 2.24 bits per heavy atom. The molecule has 0 atom stereocenters. The number of hydrogen-bond acceptors (Lipinski definition) is 4. The lowest BCUT2D eigenvalue weighted by atomic mass is 10.1. The minimum atomic E-state index is -4.67. The van der Waals surface area contributed by atoms with Crippen LogP contribution in [-0.2, 0) is 11.0 Å². The molecule has 1 aromatic heterocycles. The lowest BCUT2D eigenvalue weighted by molar-refractivity contribution is -0.137. The molecule has 178 valence electrons. The first-order valence-electron chi connectivity index (χ1n) is 10.3. The van der Waals surface area contributed by atoms with E-state index in [1.807, 2.05) is 32.9 Å². The molecule has 0 saturated carbocycles. The number of benzene rings is 2. The molecule has 2 amide bonds. The summed E-state index contributed by atoms with van der Waals surface area (Å²) in [5.74, 6) is -1.51. The van der Waals surface area contributed by atoms with Crippen LogP contribution in [-0.4, -0.2) is 28.1 Å². The molecule has 34 heavy (non-hydrogen) atoms. The largest absolute Gasteiger partial charge is 0.418 e. The third-order valence-corrected chi connectivity index (χ3v) is 5.11. The highest BCUT2D eigenvalue weighted by molar-refractivity contribution is 5.99. The first-order chi connectivity index (χ1) is 15.9. The number of nitrogens with zero attached hydrogens (tertiary/aromatic N) is 2. The summed E-state index contributed by atoms with van der Waals surface area (Å²) in [6.07, 6.45) is -4.67. The number of alkyl halides is 3. The van der Waals surface area contributed by atoms with Crippen molar-refractivity contribution < 1.29 is 22.8 Å². The Morgan fingerprint density at radius 2 is 1.62 bits per heavy atom. The Hall–Kier alpha value is -3.95. The van der Waals surface area contributed by atoms with Crippen molar-refractivity contribution in [2.45, 2.75) is 33.9 Å². The fraction of sp³-hybridized carbons (Fsp3) is 0.250. The van der Waals surface area contributed by atoms with Gasteiger partial charge in [0.1, 0.15) is 0 Å². The number of carbonyl (C=O) groups is 2. The first-order valence-corrected chi connectivity index (χ1v) is 10.3. The molecule has 0 spiro atoms. The Kier molecular flexibility index (Phi) is 6.90. The zero-order chi connectivity index (χ0) is 25.2. The van der Waals surface area contributed by atoms with Crippen molar-refractivity contribution in [3.05, 3.63) is 86.3 Å². The Bertz CT molecular complexity index is 1310. The summed E-state index contributed by atoms with van der Waals surface area (Å²) in [5, 5.41) is 8.90. The van der Waals surface area contributed by atoms with E-state index in [-0.39, 0.29) is 11.4 Å². The van der Waals surface area contributed by atoms with Crippen LogP contribution in [0.15, 0.2) is 47.3 Å². The number of nitrogens with one attached hydrogen (secondary N) is 2. The van der Waals surface area contributed by atoms with Gasteiger partial charge in [0, 0.05) is 17.4 Å². The fourth-order valence-corrected chi connectivity index (χ4v) is 3.65. The van der Waals surface area contributed by atoms with E-state index in [9.17, 15) is 27.6 Å². The number of anilines is 1. The van der Waals surface area contributed by atoms with Crippen molar-refractivity contribution in [1.82, 2.24) is 15.1 Å². The normalized spacial score (nSPS) is 11.3. The molecular weight excluding hydrogens is 449 g/mol. The number of hydrogen-bond donors (Lipinski definition) is 2. The number of amides is 2. The molecule has 7 nitrogen and oxygen atoms in total. The quantitative estimate of drug-likeness (QED) is 0.590. The van der Waals surface area contributed by atoms with Crippen LogP contribution in [0.4, 0.5) is 18.9 Å². The molecule has 10 heteroatoms. The van der Waals surface area contributed by atoms with E-state index in [1.165, 1.54) is 25.1 Å². The average Bonchev–Trinajstić information content (AvgIpc) is 2.74. The fourth-order valence-electron chi connectivity index (χ4n) is 3.65. The van der Waals surface area contributed by atoms with Gasteiger partial charge >= 0.3 is 6.18 Å². The summed E-state index contributed by atoms with van der Waals surface area (Å²) < 4.78 is 41.2. The van der Waals surface area contributed by atoms with Crippen LogP contribution in [0.25, 0.3) is 5.69 Å². The summed E-state index contributed by atoms with van der Waals surface area (Å²) in [6.45, 7) is 6.56. The van der Waals surface area contributed by atoms with E-state index < -0.39 is 41.2 Å². The summed E-state index contributed by atoms with van der Waals surface area (Å²) in [6, 6.07) is 9.52. The zero-order valence-electron chi connectivity index (χ0n) is 19.0. The van der Waals surface area contributed by atoms with E-state index in [1.54, 1.807) is 0 Å². The molecule has 0 saturated heterocycles. The van der Waals surface area contributed by atoms with E-state index >= 15 is 0 Å². The van der Waals surface area contributed by atoms with Crippen LogP contribution in [0.2, 0.25) is 0 Å². The second-order valence-corrected chi connectivity index (χ2v) is 7.93. The molecular formula is C24H23F3N4O3. The van der Waals surface area contributed by atoms with Gasteiger partial charge in [-0.3, -0.25) is 14.4 Å². The molecule has 3 aromatic rings. The number of para-hydroxylation sites is 1. The van der Waals surface area contributed by atoms with Crippen molar-refractivity contribution in [1.29, 1.82) is 0 Å². The van der Waals surface area contributed by atoms with Crippen molar-refractivity contribution in [3.63, 3.8) is 0 Å². The maximum absolute atomic E-state index is 13.4. The van der Waals surface area contributed by atoms with Gasteiger partial charge in [0.05, 0.1) is 17.8 Å². The van der Waals surface area contributed by atoms with Gasteiger partial charge in [-0.1, -0.05) is 29.8 Å². The molecule has 0 unspecified atom stereocenters. The molecule has 2 aromatic carbocycles. The van der Waals surface area contributed by atoms with Crippen LogP contribution in [0, 0.1) is 27.7 Å². The molecule has 0 aliphatic carbocycles. The van der Waals surface area contributed by atoms with Gasteiger partial charge in [0.2, 0.25) is 11.3 Å². The maximum atomic E-state index is 13.4. The topological polar surface area (TPSA) is 93.1 Å². The SMILES string of the molecule is Cc1cc(C)c(NC(=O)CNC(=O)c2nn(-c3ccccc3C(F)(F)F)c(C)cc2=O)c(C)c1. The Balaban J connectivity index is 1.83. The smallest absolute Gasteiger partial charge is 0.341 e. The number of halogens is 3. The second kappa shape index (κ2) is 9.50. The van der Waals surface area contributed by atoms with Crippen molar-refractivity contribution in [3.8, 4) is 5.69 Å². The molecule has 0 fully saturated rings. The zero-order valence-corrected chi connectivity index (χ0v) is 19.0. The third-order valence-electron chi connectivity index (χ3n) is 5.11. The van der Waals surface area contributed by atoms with Crippen LogP contribution in [0.3, 0.4) is 0 Å². The maximum Gasteiger partial charge on any atom is 0.418 e. The molecule has 3 rings (SSSR count). The predicted molar refractivity (Wildman–Crippen MR) is 121 cm³/mol. The van der Waals surface area contributed by atoms with Crippen LogP contribution in [0.1, 0.15) is 38.4 Å². The third kappa shape index (κ3) is 5.33. The summed E-state index contributed by atoms with van der Waals surface area (Å²) in [7, 11) is 0. The summed E-state index contributed by atoms with van der Waals surface area (Å²) in [5.41, 5.74) is 0.765. The average molecular weight is 472 g/mol. The highest BCUT2D eigenvalue weighted by Crippen LogP contribution is 2.33. The van der Waals surface area contributed by atoms with Gasteiger partial charge < -0.3 is 10.6 Å². The van der Waals surface area contributed by atoms with Gasteiger partial charge in [0.25, 0.3) is 5.91 Å². The van der Waals surface area contributed by atoms with Crippen LogP contribution < -0.4 is 16.1 Å². The van der Waals surface area contributed by atoms with E-state index in [2.05, 4.69) is 15.7 Å². The minimum absolute atomic E-state index is 0.112. The second-order valence-electron chi connectivity index (χ2n) is 7.93. The molecule has 0 bridgehead atoms. The van der Waals surface area contributed by atoms with E-state index in [0.29, 0.717) is 5.69 Å². The number of rotatable bonds is 5. The Labute approximate surface area is 193 Å². The summed E-state index contributed by atoms with van der Waals surface area (Å²) in [4.78, 5) is 37.3. The predicted octanol–water partition coefficient (Wildman–Crippen LogP) is 3.85. The molecule has 2 N–H and O–H groups in total. The van der Waals surface area contributed by atoms with Crippen molar-refractivity contribution in [2.24, 2.45) is 0 Å². The molecule has 0 aliphatic heterocycles.